The summed E-state index contributed by atoms with van der Waals surface area (Å²) >= 11 is 0. The number of benzene rings is 1. The number of aliphatic carboxylic acids is 1. The van der Waals surface area contributed by atoms with Crippen LogP contribution < -0.4 is 10.6 Å². The van der Waals surface area contributed by atoms with Gasteiger partial charge in [-0.25, -0.2) is 9.18 Å². The van der Waals surface area contributed by atoms with Crippen LogP contribution in [-0.4, -0.2) is 23.1 Å². The van der Waals surface area contributed by atoms with E-state index in [9.17, 15) is 14.0 Å². The van der Waals surface area contributed by atoms with Crippen LogP contribution in [0, 0.1) is 12.7 Å². The first-order chi connectivity index (χ1) is 7.91. The largest absolute Gasteiger partial charge is 0.480 e. The highest BCUT2D eigenvalue weighted by molar-refractivity contribution is 5.92. The lowest BCUT2D eigenvalue weighted by atomic mass is 10.2. The molecule has 1 atom stereocenters. The number of nitrogens with one attached hydrogen (secondary N) is 2. The molecular weight excluding hydrogens is 227 g/mol. The summed E-state index contributed by atoms with van der Waals surface area (Å²) in [5.74, 6) is -1.73. The molecule has 1 aromatic rings. The fraction of sp³-hybridized carbons (Fsp3) is 0.273. The number of amides is 2. The smallest absolute Gasteiger partial charge is 0.325 e. The molecule has 0 bridgehead atoms. The van der Waals surface area contributed by atoms with Crippen LogP contribution in [0.15, 0.2) is 18.2 Å². The van der Waals surface area contributed by atoms with Gasteiger partial charge in [0.15, 0.2) is 0 Å². The average Bonchev–Trinajstić information content (AvgIpc) is 2.23. The first kappa shape index (κ1) is 13.0. The molecule has 0 aliphatic carbocycles. The van der Waals surface area contributed by atoms with E-state index in [2.05, 4.69) is 10.6 Å². The van der Waals surface area contributed by atoms with Gasteiger partial charge in [0.2, 0.25) is 0 Å². The number of carbonyl (C=O) groups is 2. The summed E-state index contributed by atoms with van der Waals surface area (Å²) in [4.78, 5) is 21.9. The zero-order valence-corrected chi connectivity index (χ0v) is 9.45. The Labute approximate surface area is 97.6 Å². The number of hydrogen-bond acceptors (Lipinski definition) is 2. The van der Waals surface area contributed by atoms with Gasteiger partial charge in [0, 0.05) is 0 Å². The number of carboxylic acids is 1. The minimum Gasteiger partial charge on any atom is -0.480 e. The normalized spacial score (nSPS) is 11.7. The maximum absolute atomic E-state index is 13.3. The van der Waals surface area contributed by atoms with E-state index in [1.54, 1.807) is 13.0 Å². The Hall–Kier alpha value is -2.11. The molecule has 6 heteroatoms. The van der Waals surface area contributed by atoms with E-state index >= 15 is 0 Å². The Kier molecular flexibility index (Phi) is 4.03. The third-order valence-corrected chi connectivity index (χ3v) is 2.18. The summed E-state index contributed by atoms with van der Waals surface area (Å²) in [7, 11) is 0. The zero-order valence-electron chi connectivity index (χ0n) is 9.45. The van der Waals surface area contributed by atoms with Crippen molar-refractivity contribution in [3.05, 3.63) is 29.6 Å². The van der Waals surface area contributed by atoms with Crippen molar-refractivity contribution >= 4 is 17.7 Å². The fourth-order valence-corrected chi connectivity index (χ4v) is 1.20. The Morgan fingerprint density at radius 3 is 2.59 bits per heavy atom. The van der Waals surface area contributed by atoms with Gasteiger partial charge in [0.1, 0.15) is 11.9 Å². The molecule has 0 aliphatic rings. The molecule has 0 saturated heterocycles. The summed E-state index contributed by atoms with van der Waals surface area (Å²) in [6.07, 6.45) is 0. The summed E-state index contributed by atoms with van der Waals surface area (Å²) in [6.45, 7) is 2.95. The molecule has 5 nitrogen and oxygen atoms in total. The van der Waals surface area contributed by atoms with E-state index < -0.39 is 23.9 Å². The first-order valence-corrected chi connectivity index (χ1v) is 4.97. The summed E-state index contributed by atoms with van der Waals surface area (Å²) in [5.41, 5.74) is 0.603. The summed E-state index contributed by atoms with van der Waals surface area (Å²) in [5, 5.41) is 13.0. The van der Waals surface area contributed by atoms with Crippen molar-refractivity contribution in [1.82, 2.24) is 5.32 Å². The van der Waals surface area contributed by atoms with E-state index in [1.165, 1.54) is 19.1 Å². The van der Waals surface area contributed by atoms with Crippen LogP contribution in [0.1, 0.15) is 12.5 Å². The monoisotopic (exact) mass is 240 g/mol. The molecule has 17 heavy (non-hydrogen) atoms. The molecular formula is C11H13FN2O3. The van der Waals surface area contributed by atoms with E-state index in [0.717, 1.165) is 0 Å². The van der Waals surface area contributed by atoms with Crippen LogP contribution in [0.5, 0.6) is 0 Å². The van der Waals surface area contributed by atoms with E-state index in [-0.39, 0.29) is 5.69 Å². The molecule has 0 aliphatic heterocycles. The van der Waals surface area contributed by atoms with Crippen LogP contribution in [0.3, 0.4) is 0 Å². The van der Waals surface area contributed by atoms with Gasteiger partial charge in [-0.1, -0.05) is 12.1 Å². The molecule has 0 fully saturated rings. The zero-order chi connectivity index (χ0) is 13.0. The molecule has 1 aromatic carbocycles. The van der Waals surface area contributed by atoms with Gasteiger partial charge in [-0.3, -0.25) is 4.79 Å². The van der Waals surface area contributed by atoms with Crippen molar-refractivity contribution in [2.45, 2.75) is 19.9 Å². The number of anilines is 1. The highest BCUT2D eigenvalue weighted by Gasteiger charge is 2.15. The Morgan fingerprint density at radius 2 is 2.06 bits per heavy atom. The number of carboxylic acid groups (broad SMARTS) is 1. The molecule has 0 unspecified atom stereocenters. The average molecular weight is 240 g/mol. The molecule has 0 aromatic heterocycles. The fourth-order valence-electron chi connectivity index (χ4n) is 1.20. The van der Waals surface area contributed by atoms with Gasteiger partial charge in [0.25, 0.3) is 0 Å². The molecule has 0 heterocycles. The standard InChI is InChI=1S/C11H13FN2O3/c1-6-4-3-5-8(12)9(6)14-11(17)13-7(2)10(15)16/h3-5,7H,1-2H3,(H,15,16)(H2,13,14,17)/t7-/m1/s1. The minimum atomic E-state index is -1.16. The quantitative estimate of drug-likeness (QED) is 0.752. The summed E-state index contributed by atoms with van der Waals surface area (Å²) in [6, 6.07) is 2.58. The van der Waals surface area contributed by atoms with Gasteiger partial charge < -0.3 is 15.7 Å². The number of carbonyl (C=O) groups excluding carboxylic acids is 1. The third kappa shape index (κ3) is 3.44. The summed E-state index contributed by atoms with van der Waals surface area (Å²) < 4.78 is 13.3. The van der Waals surface area contributed by atoms with Gasteiger partial charge in [-0.05, 0) is 25.5 Å². The molecule has 0 spiro atoms. The number of para-hydroxylation sites is 1. The molecule has 92 valence electrons. The van der Waals surface area contributed by atoms with Crippen LogP contribution in [0.2, 0.25) is 0 Å². The predicted octanol–water partition coefficient (Wildman–Crippen LogP) is 1.73. The van der Waals surface area contributed by atoms with E-state index in [0.29, 0.717) is 5.56 Å². The van der Waals surface area contributed by atoms with Crippen LogP contribution in [0.4, 0.5) is 14.9 Å². The minimum absolute atomic E-state index is 0.0441. The molecule has 3 N–H and O–H groups in total. The molecule has 0 radical (unpaired) electrons. The number of hydrogen-bond donors (Lipinski definition) is 3. The van der Waals surface area contributed by atoms with Crippen molar-refractivity contribution in [2.24, 2.45) is 0 Å². The van der Waals surface area contributed by atoms with Crippen LogP contribution in [0.25, 0.3) is 0 Å². The van der Waals surface area contributed by atoms with Crippen LogP contribution in [-0.2, 0) is 4.79 Å². The SMILES string of the molecule is Cc1cccc(F)c1NC(=O)N[C@H](C)C(=O)O. The van der Waals surface area contributed by atoms with Crippen molar-refractivity contribution in [2.75, 3.05) is 5.32 Å². The van der Waals surface area contributed by atoms with E-state index in [1.807, 2.05) is 0 Å². The first-order valence-electron chi connectivity index (χ1n) is 4.97. The topological polar surface area (TPSA) is 78.4 Å². The van der Waals surface area contributed by atoms with Gasteiger partial charge in [-0.2, -0.15) is 0 Å². The van der Waals surface area contributed by atoms with Gasteiger partial charge in [-0.15, -0.1) is 0 Å². The van der Waals surface area contributed by atoms with Crippen molar-refractivity contribution < 1.29 is 19.1 Å². The Balaban J connectivity index is 2.72. The van der Waals surface area contributed by atoms with Gasteiger partial charge >= 0.3 is 12.0 Å². The van der Waals surface area contributed by atoms with Crippen molar-refractivity contribution in [3.8, 4) is 0 Å². The highest BCUT2D eigenvalue weighted by Crippen LogP contribution is 2.18. The predicted molar refractivity (Wildman–Crippen MR) is 60.4 cm³/mol. The van der Waals surface area contributed by atoms with Crippen molar-refractivity contribution in [1.29, 1.82) is 0 Å². The lowest BCUT2D eigenvalue weighted by Crippen LogP contribution is -2.41. The number of rotatable bonds is 3. The van der Waals surface area contributed by atoms with E-state index in [4.69, 9.17) is 5.11 Å². The maximum Gasteiger partial charge on any atom is 0.325 e. The lowest BCUT2D eigenvalue weighted by molar-refractivity contribution is -0.138. The van der Waals surface area contributed by atoms with Crippen LogP contribution >= 0.6 is 0 Å². The second-order valence-corrected chi connectivity index (χ2v) is 3.59. The second kappa shape index (κ2) is 5.29. The molecule has 2 amide bonds. The maximum atomic E-state index is 13.3. The second-order valence-electron chi connectivity index (χ2n) is 3.59. The van der Waals surface area contributed by atoms with Gasteiger partial charge in [0.05, 0.1) is 5.69 Å². The third-order valence-electron chi connectivity index (χ3n) is 2.18. The number of urea groups is 1. The van der Waals surface area contributed by atoms with Crippen molar-refractivity contribution in [3.63, 3.8) is 0 Å². The number of halogens is 1. The Morgan fingerprint density at radius 1 is 1.41 bits per heavy atom. The lowest BCUT2D eigenvalue weighted by Gasteiger charge is -2.12. The number of aryl methyl sites for hydroxylation is 1. The Bertz CT molecular complexity index is 428. The molecule has 1 rings (SSSR count). The highest BCUT2D eigenvalue weighted by atomic mass is 19.1. The molecule has 0 saturated carbocycles.